The van der Waals surface area contributed by atoms with Crippen LogP contribution in [-0.4, -0.2) is 66.6 Å². The summed E-state index contributed by atoms with van der Waals surface area (Å²) in [6.07, 6.45) is 0.538. The molecule has 4 rings (SSSR count). The van der Waals surface area contributed by atoms with Crippen molar-refractivity contribution in [2.24, 2.45) is 10.1 Å². The summed E-state index contributed by atoms with van der Waals surface area (Å²) in [4.78, 5) is 11.0. The van der Waals surface area contributed by atoms with Gasteiger partial charge in [0.1, 0.15) is 11.9 Å². The maximum atomic E-state index is 13.7. The number of thiazole rings is 1. The van der Waals surface area contributed by atoms with Gasteiger partial charge >= 0.3 is 0 Å². The number of halogens is 2. The molecule has 3 atom stereocenters. The molecule has 3 heterocycles. The average Bonchev–Trinajstić information content (AvgIpc) is 3.41. The summed E-state index contributed by atoms with van der Waals surface area (Å²) in [5.74, 6) is -0.00437. The second-order valence-corrected chi connectivity index (χ2v) is 10.3. The molecule has 2 aliphatic heterocycles. The first kappa shape index (κ1) is 23.2. The number of aromatic nitrogens is 1. The minimum absolute atomic E-state index is 0.142. The minimum atomic E-state index is -3.95. The Morgan fingerprint density at radius 3 is 2.81 bits per heavy atom. The molecule has 0 bridgehead atoms. The molecule has 1 aromatic carbocycles. The third-order valence-electron chi connectivity index (χ3n) is 5.57. The number of rotatable bonds is 6. The number of methoxy groups -OCH3 is 1. The molecule has 0 amide bonds. The van der Waals surface area contributed by atoms with E-state index in [1.165, 1.54) is 43.7 Å². The highest BCUT2D eigenvalue weighted by Crippen LogP contribution is 2.44. The quantitative estimate of drug-likeness (QED) is 0.583. The number of benzene rings is 1. The molecule has 2 aliphatic rings. The van der Waals surface area contributed by atoms with Gasteiger partial charge < -0.3 is 14.7 Å². The number of aliphatic hydroxyl groups excluding tert-OH is 1. The molecule has 0 spiro atoms. The van der Waals surface area contributed by atoms with Crippen LogP contribution in [0.5, 0.6) is 0 Å². The van der Waals surface area contributed by atoms with Gasteiger partial charge in [0, 0.05) is 61.0 Å². The van der Waals surface area contributed by atoms with Gasteiger partial charge in [0.05, 0.1) is 0 Å². The number of nitrogens with two attached hydrogens (primary N) is 1. The van der Waals surface area contributed by atoms with E-state index in [4.69, 9.17) is 26.5 Å². The summed E-state index contributed by atoms with van der Waals surface area (Å²) < 4.78 is 44.0. The molecular weight excluding hydrogens is 481 g/mol. The number of hydrogen-bond donors (Lipinski definition) is 2. The van der Waals surface area contributed by atoms with Gasteiger partial charge in [0.25, 0.3) is 10.2 Å². The Morgan fingerprint density at radius 2 is 2.22 bits per heavy atom. The number of ether oxygens (including phenoxy) is 1. The van der Waals surface area contributed by atoms with E-state index < -0.39 is 34.4 Å². The predicted octanol–water partition coefficient (Wildman–Crippen LogP) is 1.87. The van der Waals surface area contributed by atoms with Crippen molar-refractivity contribution in [2.75, 3.05) is 20.7 Å². The van der Waals surface area contributed by atoms with E-state index in [0.29, 0.717) is 27.7 Å². The largest absolute Gasteiger partial charge is 0.364 e. The molecule has 1 saturated heterocycles. The summed E-state index contributed by atoms with van der Waals surface area (Å²) in [5.41, 5.74) is 1.50. The van der Waals surface area contributed by atoms with Gasteiger partial charge in [-0.05, 0) is 17.7 Å². The van der Waals surface area contributed by atoms with Crippen LogP contribution in [0.4, 0.5) is 4.39 Å². The van der Waals surface area contributed by atoms with Crippen LogP contribution in [0.3, 0.4) is 0 Å². The van der Waals surface area contributed by atoms with Crippen LogP contribution >= 0.6 is 22.9 Å². The second-order valence-electron chi connectivity index (χ2n) is 7.38. The topological polar surface area (TPSA) is 121 Å². The lowest BCUT2D eigenvalue weighted by molar-refractivity contribution is -0.0500. The van der Waals surface area contributed by atoms with Gasteiger partial charge in [-0.3, -0.25) is 4.99 Å². The zero-order chi connectivity index (χ0) is 23.2. The molecule has 13 heteroatoms. The number of amidine groups is 1. The lowest BCUT2D eigenvalue weighted by Crippen LogP contribution is -2.43. The van der Waals surface area contributed by atoms with Gasteiger partial charge in [-0.15, -0.1) is 11.3 Å². The zero-order valence-corrected chi connectivity index (χ0v) is 19.5. The van der Waals surface area contributed by atoms with E-state index in [0.717, 1.165) is 4.31 Å². The SMILES string of the molecule is COC(O)C1=C2C[C@H](N(C)S(N)(=O)=O)CN2C(c2nccs2)=N[C@H]1c1ccc(F)cc1Cl. The lowest BCUT2D eigenvalue weighted by atomic mass is 9.94. The van der Waals surface area contributed by atoms with Crippen LogP contribution in [0.1, 0.15) is 23.0 Å². The summed E-state index contributed by atoms with van der Waals surface area (Å²) in [6, 6.07) is 2.65. The Bertz CT molecular complexity index is 1190. The normalized spacial score (nSPS) is 22.3. The van der Waals surface area contributed by atoms with Crippen molar-refractivity contribution in [1.29, 1.82) is 0 Å². The molecule has 32 heavy (non-hydrogen) atoms. The third kappa shape index (κ3) is 4.19. The van der Waals surface area contributed by atoms with Crippen LogP contribution in [0.25, 0.3) is 0 Å². The molecule has 172 valence electrons. The van der Waals surface area contributed by atoms with Crippen LogP contribution in [0, 0.1) is 5.82 Å². The maximum Gasteiger partial charge on any atom is 0.276 e. The Morgan fingerprint density at radius 1 is 1.47 bits per heavy atom. The highest BCUT2D eigenvalue weighted by molar-refractivity contribution is 7.86. The van der Waals surface area contributed by atoms with Gasteiger partial charge in [0.15, 0.2) is 17.1 Å². The molecule has 1 unspecified atom stereocenters. The fourth-order valence-corrected chi connectivity index (χ4v) is 5.41. The van der Waals surface area contributed by atoms with Crippen LogP contribution in [-0.2, 0) is 14.9 Å². The van der Waals surface area contributed by atoms with Crippen LogP contribution in [0.2, 0.25) is 5.02 Å². The van der Waals surface area contributed by atoms with Crippen molar-refractivity contribution in [3.8, 4) is 0 Å². The highest BCUT2D eigenvalue weighted by Gasteiger charge is 2.44. The van der Waals surface area contributed by atoms with Crippen molar-refractivity contribution >= 4 is 39.0 Å². The molecule has 2 aromatic rings. The van der Waals surface area contributed by atoms with Crippen molar-refractivity contribution in [2.45, 2.75) is 24.8 Å². The molecule has 3 N–H and O–H groups in total. The second kappa shape index (κ2) is 8.78. The highest BCUT2D eigenvalue weighted by atomic mass is 35.5. The van der Waals surface area contributed by atoms with Gasteiger partial charge in [0.2, 0.25) is 0 Å². The van der Waals surface area contributed by atoms with Crippen LogP contribution in [0.15, 0.2) is 46.0 Å². The number of likely N-dealkylation sites (N-methyl/N-ethyl adjacent to an activating group) is 1. The van der Waals surface area contributed by atoms with E-state index in [-0.39, 0.29) is 18.0 Å². The first-order chi connectivity index (χ1) is 15.1. The third-order valence-corrected chi connectivity index (χ3v) is 7.77. The molecule has 0 aliphatic carbocycles. The lowest BCUT2D eigenvalue weighted by Gasteiger charge is -2.34. The molecule has 0 radical (unpaired) electrons. The maximum absolute atomic E-state index is 13.7. The van der Waals surface area contributed by atoms with Crippen molar-refractivity contribution in [3.05, 3.63) is 62.5 Å². The molecular formula is C19H21ClFN5O4S2. The smallest absolute Gasteiger partial charge is 0.276 e. The van der Waals surface area contributed by atoms with Gasteiger partial charge in [-0.1, -0.05) is 17.7 Å². The van der Waals surface area contributed by atoms with E-state index in [1.807, 2.05) is 4.90 Å². The summed E-state index contributed by atoms with van der Waals surface area (Å²) in [7, 11) is -1.20. The predicted molar refractivity (Wildman–Crippen MR) is 119 cm³/mol. The first-order valence-electron chi connectivity index (χ1n) is 9.51. The average molecular weight is 502 g/mol. The summed E-state index contributed by atoms with van der Waals surface area (Å²) in [6.45, 7) is 0.254. The summed E-state index contributed by atoms with van der Waals surface area (Å²) in [5, 5.41) is 18.6. The Hall–Kier alpha value is -1.93. The number of hydrogen-bond acceptors (Lipinski definition) is 8. The molecule has 9 nitrogen and oxygen atoms in total. The molecule has 1 fully saturated rings. The van der Waals surface area contributed by atoms with Crippen molar-refractivity contribution < 1.29 is 22.7 Å². The zero-order valence-electron chi connectivity index (χ0n) is 17.1. The van der Waals surface area contributed by atoms with Crippen molar-refractivity contribution in [3.63, 3.8) is 0 Å². The molecule has 0 saturated carbocycles. The van der Waals surface area contributed by atoms with Crippen LogP contribution < -0.4 is 5.14 Å². The molecule has 1 aromatic heterocycles. The fraction of sp³-hybridized carbons (Fsp3) is 0.368. The summed E-state index contributed by atoms with van der Waals surface area (Å²) >= 11 is 7.71. The number of nitrogens with zero attached hydrogens (tertiary/aromatic N) is 4. The number of aliphatic hydroxyl groups is 1. The van der Waals surface area contributed by atoms with E-state index in [2.05, 4.69) is 4.98 Å². The monoisotopic (exact) mass is 501 g/mol. The van der Waals surface area contributed by atoms with E-state index in [9.17, 15) is 17.9 Å². The first-order valence-corrected chi connectivity index (χ1v) is 12.3. The van der Waals surface area contributed by atoms with Gasteiger partial charge in [-0.25, -0.2) is 14.5 Å². The standard InChI is InChI=1S/C19H21ClFN5O4S2/c1-25(32(22,28)29)11-8-14-15(19(27)30-2)16(12-4-3-10(21)7-13(12)20)24-17(26(14)9-11)18-23-5-6-31-18/h3-7,11,16,19,27H,8-9H2,1-2H3,(H2,22,28,29)/t11-,16-,19?/m0/s1. The fourth-order valence-electron chi connectivity index (χ4n) is 3.95. The van der Waals surface area contributed by atoms with Crippen molar-refractivity contribution in [1.82, 2.24) is 14.2 Å². The Balaban J connectivity index is 1.90. The Kier molecular flexibility index (Phi) is 6.38. The van der Waals surface area contributed by atoms with E-state index >= 15 is 0 Å². The minimum Gasteiger partial charge on any atom is -0.364 e. The number of fused-ring (bicyclic) bond motifs is 1. The van der Waals surface area contributed by atoms with E-state index in [1.54, 1.807) is 11.6 Å². The Labute approximate surface area is 193 Å². The van der Waals surface area contributed by atoms with Gasteiger partial charge in [-0.2, -0.15) is 12.7 Å². The number of aliphatic imine (C=N–C) groups is 1.